The number of para-hydroxylation sites is 1. The van der Waals surface area contributed by atoms with Gasteiger partial charge in [0.05, 0.1) is 12.2 Å². The van der Waals surface area contributed by atoms with Gasteiger partial charge in [0.25, 0.3) is 0 Å². The maximum absolute atomic E-state index is 13.0. The molecule has 0 saturated carbocycles. The lowest BCUT2D eigenvalue weighted by atomic mass is 10.2. The number of aromatic nitrogens is 1. The molecule has 0 fully saturated rings. The lowest BCUT2D eigenvalue weighted by Gasteiger charge is -2.12. The van der Waals surface area contributed by atoms with Crippen molar-refractivity contribution in [3.8, 4) is 17.2 Å². The minimum atomic E-state index is -2.89. The van der Waals surface area contributed by atoms with Crippen LogP contribution in [-0.2, 0) is 13.0 Å². The van der Waals surface area contributed by atoms with Crippen molar-refractivity contribution in [3.05, 3.63) is 71.9 Å². The van der Waals surface area contributed by atoms with E-state index in [9.17, 15) is 13.2 Å². The Morgan fingerprint density at radius 2 is 1.90 bits per heavy atom. The molecule has 1 heterocycles. The van der Waals surface area contributed by atoms with Gasteiger partial charge in [-0.15, -0.1) is 0 Å². The number of hydrogen-bond donors (Lipinski definition) is 2. The van der Waals surface area contributed by atoms with Crippen LogP contribution in [0.25, 0.3) is 11.5 Å². The Bertz CT molecular complexity index is 990. The van der Waals surface area contributed by atoms with Gasteiger partial charge in [-0.05, 0) is 37.3 Å². The van der Waals surface area contributed by atoms with Crippen LogP contribution in [0.1, 0.15) is 18.2 Å². The third-order valence-electron chi connectivity index (χ3n) is 4.26. The van der Waals surface area contributed by atoms with Crippen LogP contribution in [0.15, 0.2) is 64.2 Å². The van der Waals surface area contributed by atoms with Crippen molar-refractivity contribution in [2.45, 2.75) is 26.5 Å². The minimum absolute atomic E-state index is 0.105. The quantitative estimate of drug-likeness (QED) is 0.388. The summed E-state index contributed by atoms with van der Waals surface area (Å²) in [7, 11) is 0. The molecule has 9 heteroatoms. The molecule has 3 aromatic rings. The lowest BCUT2D eigenvalue weighted by Crippen LogP contribution is -2.38. The fourth-order valence-electron chi connectivity index (χ4n) is 2.81. The van der Waals surface area contributed by atoms with Gasteiger partial charge in [-0.2, -0.15) is 8.78 Å². The van der Waals surface area contributed by atoms with E-state index in [1.807, 2.05) is 6.92 Å². The van der Waals surface area contributed by atoms with Crippen LogP contribution in [0.2, 0.25) is 0 Å². The van der Waals surface area contributed by atoms with Gasteiger partial charge in [-0.25, -0.2) is 14.4 Å². The Hall–Kier alpha value is -3.49. The van der Waals surface area contributed by atoms with Gasteiger partial charge in [0.2, 0.25) is 5.89 Å². The summed E-state index contributed by atoms with van der Waals surface area (Å²) in [6.07, 6.45) is 2.13. The van der Waals surface area contributed by atoms with E-state index in [0.29, 0.717) is 42.5 Å². The zero-order valence-electron chi connectivity index (χ0n) is 16.9. The van der Waals surface area contributed by atoms with Crippen LogP contribution < -0.4 is 15.4 Å². The lowest BCUT2D eigenvalue weighted by molar-refractivity contribution is -0.0504. The Labute approximate surface area is 178 Å². The Balaban J connectivity index is 1.57. The number of hydrogen-bond acceptors (Lipinski definition) is 4. The SMILES string of the molecule is CCNC(=NCc1ccccc1OC(F)F)NCCc1coc(-c2ccc(F)cc2)n1. The summed E-state index contributed by atoms with van der Waals surface area (Å²) in [5.41, 5.74) is 1.99. The molecule has 0 saturated heterocycles. The van der Waals surface area contributed by atoms with E-state index >= 15 is 0 Å². The first-order valence-electron chi connectivity index (χ1n) is 9.80. The number of alkyl halides is 2. The summed E-state index contributed by atoms with van der Waals surface area (Å²) in [5.74, 6) is 0.745. The highest BCUT2D eigenvalue weighted by Gasteiger charge is 2.10. The molecule has 0 radical (unpaired) electrons. The van der Waals surface area contributed by atoms with E-state index in [4.69, 9.17) is 4.42 Å². The fourth-order valence-corrected chi connectivity index (χ4v) is 2.81. The first kappa shape index (κ1) is 22.2. The predicted octanol–water partition coefficient (Wildman–Crippen LogP) is 4.38. The molecule has 0 aliphatic carbocycles. The molecule has 0 spiro atoms. The molecule has 3 rings (SSSR count). The third kappa shape index (κ3) is 6.77. The van der Waals surface area contributed by atoms with Crippen LogP contribution in [0.5, 0.6) is 5.75 Å². The molecule has 164 valence electrons. The van der Waals surface area contributed by atoms with Gasteiger partial charge in [0.1, 0.15) is 17.8 Å². The monoisotopic (exact) mass is 432 g/mol. The summed E-state index contributed by atoms with van der Waals surface area (Å²) < 4.78 is 48.2. The number of rotatable bonds is 9. The number of nitrogens with zero attached hydrogens (tertiary/aromatic N) is 2. The second-order valence-corrected chi connectivity index (χ2v) is 6.51. The zero-order valence-corrected chi connectivity index (χ0v) is 16.9. The van der Waals surface area contributed by atoms with Crippen molar-refractivity contribution in [2.75, 3.05) is 13.1 Å². The predicted molar refractivity (Wildman–Crippen MR) is 111 cm³/mol. The number of oxazole rings is 1. The van der Waals surface area contributed by atoms with Gasteiger partial charge in [-0.1, -0.05) is 18.2 Å². The van der Waals surface area contributed by atoms with Crippen molar-refractivity contribution in [1.29, 1.82) is 0 Å². The molecule has 0 bridgehead atoms. The summed E-state index contributed by atoms with van der Waals surface area (Å²) >= 11 is 0. The molecule has 2 N–H and O–H groups in total. The van der Waals surface area contributed by atoms with Gasteiger partial charge in [0, 0.05) is 30.6 Å². The standard InChI is InChI=1S/C22H23F3N4O2/c1-2-26-22(28-13-16-5-3-4-6-19(16)31-21(24)25)27-12-11-18-14-30-20(29-18)15-7-9-17(23)10-8-15/h3-10,14,21H,2,11-13H2,1H3,(H2,26,27,28). The van der Waals surface area contributed by atoms with E-state index in [2.05, 4.69) is 25.3 Å². The van der Waals surface area contributed by atoms with E-state index in [-0.39, 0.29) is 18.1 Å². The average molecular weight is 432 g/mol. The highest BCUT2D eigenvalue weighted by atomic mass is 19.3. The summed E-state index contributed by atoms with van der Waals surface area (Å²) in [6.45, 7) is 0.378. The molecule has 6 nitrogen and oxygen atoms in total. The molecule has 0 atom stereocenters. The molecular formula is C22H23F3N4O2. The van der Waals surface area contributed by atoms with Gasteiger partial charge < -0.3 is 19.8 Å². The number of guanidine groups is 1. The fraction of sp³-hybridized carbons (Fsp3) is 0.273. The number of ether oxygens (including phenoxy) is 1. The van der Waals surface area contributed by atoms with Crippen LogP contribution in [0, 0.1) is 5.82 Å². The highest BCUT2D eigenvalue weighted by molar-refractivity contribution is 5.79. The van der Waals surface area contributed by atoms with Crippen molar-refractivity contribution in [2.24, 2.45) is 4.99 Å². The second-order valence-electron chi connectivity index (χ2n) is 6.51. The minimum Gasteiger partial charge on any atom is -0.444 e. The molecule has 0 aliphatic rings. The Kier molecular flexibility index (Phi) is 7.91. The number of benzene rings is 2. The van der Waals surface area contributed by atoms with E-state index < -0.39 is 6.61 Å². The van der Waals surface area contributed by atoms with Gasteiger partial charge >= 0.3 is 6.61 Å². The Morgan fingerprint density at radius 3 is 2.65 bits per heavy atom. The molecule has 2 aromatic carbocycles. The summed E-state index contributed by atoms with van der Waals surface area (Å²) in [6, 6.07) is 12.5. The number of aliphatic imine (C=N–C) groups is 1. The molecule has 0 aliphatic heterocycles. The maximum Gasteiger partial charge on any atom is 0.387 e. The summed E-state index contributed by atoms with van der Waals surface area (Å²) in [4.78, 5) is 8.84. The number of halogens is 3. The highest BCUT2D eigenvalue weighted by Crippen LogP contribution is 2.21. The van der Waals surface area contributed by atoms with E-state index in [0.717, 1.165) is 5.69 Å². The maximum atomic E-state index is 13.0. The van der Waals surface area contributed by atoms with Crippen molar-refractivity contribution >= 4 is 5.96 Å². The Morgan fingerprint density at radius 1 is 1.13 bits per heavy atom. The molecular weight excluding hydrogens is 409 g/mol. The van der Waals surface area contributed by atoms with E-state index in [1.165, 1.54) is 18.2 Å². The van der Waals surface area contributed by atoms with Crippen molar-refractivity contribution < 1.29 is 22.3 Å². The first-order valence-corrected chi connectivity index (χ1v) is 9.80. The van der Waals surface area contributed by atoms with Gasteiger partial charge in [0.15, 0.2) is 5.96 Å². The normalized spacial score (nSPS) is 11.6. The van der Waals surface area contributed by atoms with Crippen LogP contribution in [0.4, 0.5) is 13.2 Å². The zero-order chi connectivity index (χ0) is 22.1. The molecule has 1 aromatic heterocycles. The van der Waals surface area contributed by atoms with Crippen LogP contribution >= 0.6 is 0 Å². The molecule has 0 amide bonds. The topological polar surface area (TPSA) is 71.7 Å². The largest absolute Gasteiger partial charge is 0.444 e. The smallest absolute Gasteiger partial charge is 0.387 e. The van der Waals surface area contributed by atoms with Crippen molar-refractivity contribution in [1.82, 2.24) is 15.6 Å². The average Bonchev–Trinajstić information content (AvgIpc) is 3.22. The second kappa shape index (κ2) is 11.1. The van der Waals surface area contributed by atoms with Crippen LogP contribution in [0.3, 0.4) is 0 Å². The number of nitrogens with one attached hydrogen (secondary N) is 2. The first-order chi connectivity index (χ1) is 15.0. The molecule has 31 heavy (non-hydrogen) atoms. The molecule has 0 unspecified atom stereocenters. The third-order valence-corrected chi connectivity index (χ3v) is 4.26. The van der Waals surface area contributed by atoms with Gasteiger partial charge in [-0.3, -0.25) is 0 Å². The summed E-state index contributed by atoms with van der Waals surface area (Å²) in [5, 5.41) is 6.28. The van der Waals surface area contributed by atoms with Crippen molar-refractivity contribution in [3.63, 3.8) is 0 Å². The van der Waals surface area contributed by atoms with Crippen LogP contribution in [-0.4, -0.2) is 30.6 Å². The van der Waals surface area contributed by atoms with E-state index in [1.54, 1.807) is 36.6 Å².